The van der Waals surface area contributed by atoms with Gasteiger partial charge in [-0.3, -0.25) is 14.6 Å². The number of hydrogen-bond acceptors (Lipinski definition) is 8. The van der Waals surface area contributed by atoms with Crippen molar-refractivity contribution in [3.63, 3.8) is 0 Å². The molecule has 2 aliphatic heterocycles. The molecule has 13 heteroatoms. The number of halogens is 3. The van der Waals surface area contributed by atoms with Gasteiger partial charge in [0.25, 0.3) is 5.91 Å². The normalized spacial score (nSPS) is 16.9. The van der Waals surface area contributed by atoms with E-state index in [1.807, 2.05) is 0 Å². The number of carbonyl (C=O) groups excluding carboxylic acids is 2. The number of carbonyl (C=O) groups is 2. The Bertz CT molecular complexity index is 1440. The predicted molar refractivity (Wildman–Crippen MR) is 141 cm³/mol. The summed E-state index contributed by atoms with van der Waals surface area (Å²) in [6, 6.07) is 3.90. The first kappa shape index (κ1) is 27.8. The highest BCUT2D eigenvalue weighted by Crippen LogP contribution is 2.32. The molecule has 2 unspecified atom stereocenters. The minimum absolute atomic E-state index is 0.171. The van der Waals surface area contributed by atoms with Gasteiger partial charge in [0.1, 0.15) is 23.4 Å². The lowest BCUT2D eigenvalue weighted by Gasteiger charge is -2.25. The third-order valence-electron chi connectivity index (χ3n) is 7.03. The van der Waals surface area contributed by atoms with Crippen LogP contribution in [0.1, 0.15) is 47.4 Å². The Labute approximate surface area is 233 Å². The van der Waals surface area contributed by atoms with E-state index in [4.69, 9.17) is 16.3 Å². The van der Waals surface area contributed by atoms with Crippen LogP contribution >= 0.6 is 11.6 Å². The fourth-order valence-electron chi connectivity index (χ4n) is 4.76. The molecule has 0 aliphatic carbocycles. The largest absolute Gasteiger partial charge is 0.394 e. The zero-order valence-corrected chi connectivity index (χ0v) is 22.3. The molecule has 0 spiro atoms. The van der Waals surface area contributed by atoms with E-state index in [0.29, 0.717) is 52.6 Å². The minimum Gasteiger partial charge on any atom is -0.394 e. The average Bonchev–Trinajstić information content (AvgIpc) is 3.28. The van der Waals surface area contributed by atoms with Gasteiger partial charge < -0.3 is 25.4 Å². The summed E-state index contributed by atoms with van der Waals surface area (Å²) in [4.78, 5) is 40.2. The van der Waals surface area contributed by atoms with Crippen molar-refractivity contribution in [3.8, 4) is 11.3 Å². The third-order valence-corrected chi connectivity index (χ3v) is 7.30. The van der Waals surface area contributed by atoms with Gasteiger partial charge in [-0.2, -0.15) is 0 Å². The molecule has 1 aromatic carbocycles. The Morgan fingerprint density at radius 2 is 2.00 bits per heavy atom. The predicted octanol–water partition coefficient (Wildman–Crippen LogP) is 3.26. The van der Waals surface area contributed by atoms with Gasteiger partial charge in [0.15, 0.2) is 0 Å². The molecule has 40 heavy (non-hydrogen) atoms. The molecule has 2 amide bonds. The maximum Gasteiger partial charge on any atom is 0.255 e. The summed E-state index contributed by atoms with van der Waals surface area (Å²) in [5.74, 6) is -2.47. The van der Waals surface area contributed by atoms with E-state index in [-0.39, 0.29) is 24.2 Å². The van der Waals surface area contributed by atoms with E-state index in [9.17, 15) is 23.5 Å². The van der Waals surface area contributed by atoms with Gasteiger partial charge in [0.05, 0.1) is 35.8 Å². The quantitative estimate of drug-likeness (QED) is 0.375. The molecule has 3 aromatic rings. The van der Waals surface area contributed by atoms with E-state index in [2.05, 4.69) is 25.6 Å². The highest BCUT2D eigenvalue weighted by molar-refractivity contribution is 6.33. The highest BCUT2D eigenvalue weighted by atomic mass is 35.5. The maximum absolute atomic E-state index is 14.2. The number of rotatable bonds is 8. The van der Waals surface area contributed by atoms with Crippen LogP contribution in [0.4, 0.5) is 14.7 Å². The van der Waals surface area contributed by atoms with Crippen LogP contribution in [-0.4, -0.2) is 68.7 Å². The number of amides is 2. The fourth-order valence-corrected chi connectivity index (χ4v) is 4.96. The lowest BCUT2D eigenvalue weighted by molar-refractivity contribution is -0.126. The molecule has 0 bridgehead atoms. The van der Waals surface area contributed by atoms with E-state index in [1.54, 1.807) is 18.2 Å². The number of nitrogens with zero attached hydrogens (tertiary/aromatic N) is 4. The van der Waals surface area contributed by atoms with Gasteiger partial charge in [0, 0.05) is 43.0 Å². The molecular weight excluding hydrogens is 546 g/mol. The Hall–Kier alpha value is -3.74. The van der Waals surface area contributed by atoms with Gasteiger partial charge in [-0.05, 0) is 31.4 Å². The smallest absolute Gasteiger partial charge is 0.255 e. The zero-order valence-electron chi connectivity index (χ0n) is 21.5. The molecular formula is C27H27ClF2N6O4. The highest BCUT2D eigenvalue weighted by Gasteiger charge is 2.35. The van der Waals surface area contributed by atoms with Crippen LogP contribution < -0.4 is 10.6 Å². The summed E-state index contributed by atoms with van der Waals surface area (Å²) < 4.78 is 32.8. The molecule has 3 N–H and O–H groups in total. The molecule has 2 aliphatic rings. The molecule has 0 saturated carbocycles. The van der Waals surface area contributed by atoms with E-state index in [0.717, 1.165) is 19.0 Å². The molecule has 2 aromatic heterocycles. The Balaban J connectivity index is 1.31. The standard InChI is InChI=1S/C27H27ClF2N6O4/c1-14(25(38)34-22(13-37)24-21(30)9-17(29)10-31-24)36-12-16-3-2-15(8-19(16)26(36)39)23-20(28)11-32-27(35-23)33-18-4-6-40-7-5-18/h2-3,8-11,14,18,22,37H,4-7,12-13H2,1H3,(H,34,38)(H,32,33,35). The van der Waals surface area contributed by atoms with Gasteiger partial charge >= 0.3 is 0 Å². The monoisotopic (exact) mass is 572 g/mol. The van der Waals surface area contributed by atoms with Crippen LogP contribution in [-0.2, 0) is 16.1 Å². The molecule has 1 saturated heterocycles. The number of aliphatic hydroxyl groups excluding tert-OH is 1. The molecule has 1 fully saturated rings. The molecule has 2 atom stereocenters. The van der Waals surface area contributed by atoms with Crippen molar-refractivity contribution in [2.24, 2.45) is 0 Å². The van der Waals surface area contributed by atoms with Crippen LogP contribution in [0.2, 0.25) is 5.02 Å². The summed E-state index contributed by atoms with van der Waals surface area (Å²) in [6.07, 6.45) is 3.98. The summed E-state index contributed by atoms with van der Waals surface area (Å²) in [7, 11) is 0. The number of benzene rings is 1. The molecule has 10 nitrogen and oxygen atoms in total. The van der Waals surface area contributed by atoms with Crippen LogP contribution in [0, 0.1) is 11.6 Å². The second-order valence-electron chi connectivity index (χ2n) is 9.67. The lowest BCUT2D eigenvalue weighted by atomic mass is 10.0. The number of hydrogen-bond donors (Lipinski definition) is 3. The molecule has 210 valence electrons. The van der Waals surface area contributed by atoms with Crippen LogP contribution in [0.15, 0.2) is 36.7 Å². The van der Waals surface area contributed by atoms with Crippen molar-refractivity contribution in [2.75, 3.05) is 25.1 Å². The number of pyridine rings is 1. The summed E-state index contributed by atoms with van der Waals surface area (Å²) in [5.41, 5.74) is 1.88. The van der Waals surface area contributed by atoms with E-state index >= 15 is 0 Å². The van der Waals surface area contributed by atoms with E-state index in [1.165, 1.54) is 18.0 Å². The second-order valence-corrected chi connectivity index (χ2v) is 10.1. The van der Waals surface area contributed by atoms with Crippen molar-refractivity contribution in [2.45, 2.75) is 44.4 Å². The maximum atomic E-state index is 14.2. The first-order chi connectivity index (χ1) is 19.2. The van der Waals surface area contributed by atoms with Gasteiger partial charge in [-0.25, -0.2) is 18.7 Å². The Morgan fingerprint density at radius 3 is 2.73 bits per heavy atom. The lowest BCUT2D eigenvalue weighted by Crippen LogP contribution is -2.47. The van der Waals surface area contributed by atoms with Gasteiger partial charge in [0.2, 0.25) is 11.9 Å². The topological polar surface area (TPSA) is 130 Å². The molecule has 4 heterocycles. The number of ether oxygens (including phenoxy) is 1. The van der Waals surface area contributed by atoms with Crippen molar-refractivity contribution >= 4 is 29.4 Å². The number of fused-ring (bicyclic) bond motifs is 1. The zero-order chi connectivity index (χ0) is 28.4. The Kier molecular flexibility index (Phi) is 8.19. The first-order valence-electron chi connectivity index (χ1n) is 12.8. The summed E-state index contributed by atoms with van der Waals surface area (Å²) >= 11 is 6.42. The van der Waals surface area contributed by atoms with Crippen LogP contribution in [0.5, 0.6) is 0 Å². The SMILES string of the molecule is CC(C(=O)NC(CO)c1ncc(F)cc1F)N1Cc2ccc(-c3nc(NC4CCOCC4)ncc3Cl)cc2C1=O. The summed E-state index contributed by atoms with van der Waals surface area (Å²) in [6.45, 7) is 2.36. The number of aliphatic hydroxyl groups is 1. The van der Waals surface area contributed by atoms with Gasteiger partial charge in [-0.1, -0.05) is 23.7 Å². The fraction of sp³-hybridized carbons (Fsp3) is 0.370. The van der Waals surface area contributed by atoms with Crippen molar-refractivity contribution in [3.05, 3.63) is 70.1 Å². The second kappa shape index (κ2) is 11.8. The average molecular weight is 573 g/mol. The first-order valence-corrected chi connectivity index (χ1v) is 13.2. The minimum atomic E-state index is -1.22. The molecule has 0 radical (unpaired) electrons. The van der Waals surface area contributed by atoms with Crippen molar-refractivity contribution < 1.29 is 28.2 Å². The van der Waals surface area contributed by atoms with Gasteiger partial charge in [-0.15, -0.1) is 0 Å². The molecule has 5 rings (SSSR count). The van der Waals surface area contributed by atoms with E-state index < -0.39 is 36.2 Å². The van der Waals surface area contributed by atoms with Crippen molar-refractivity contribution in [1.82, 2.24) is 25.2 Å². The van der Waals surface area contributed by atoms with Crippen LogP contribution in [0.25, 0.3) is 11.3 Å². The summed E-state index contributed by atoms with van der Waals surface area (Å²) in [5, 5.41) is 15.8. The number of nitrogens with one attached hydrogen (secondary N) is 2. The Morgan fingerprint density at radius 1 is 1.23 bits per heavy atom. The van der Waals surface area contributed by atoms with Crippen molar-refractivity contribution in [1.29, 1.82) is 0 Å². The number of anilines is 1. The van der Waals surface area contributed by atoms with Crippen LogP contribution in [0.3, 0.4) is 0 Å². The number of aromatic nitrogens is 3. The third kappa shape index (κ3) is 5.74.